The standard InChI is InChI=1S/C32H45F2N5O8/c1-21(36(2)32(44)45)29(41)35-28(22-6-4-3-5-7-22)31(43)38-10-8-37(9-11-38)30(42)27-19-23-18-24(33)25(34)20-26(23)39(27)12-14-46-16-17-47-15-13-40/h18-22,28,40H,3-17H2,1-2H3,(H,35,41)(H,44,45). The van der Waals surface area contributed by atoms with Gasteiger partial charge in [-0.25, -0.2) is 13.6 Å². The molecule has 2 aromatic rings. The van der Waals surface area contributed by atoms with Gasteiger partial charge in [0, 0.05) is 51.2 Å². The number of likely N-dealkylation sites (N-methyl/N-ethyl adjacent to an activating group) is 1. The van der Waals surface area contributed by atoms with E-state index in [4.69, 9.17) is 14.6 Å². The Morgan fingerprint density at radius 3 is 2.19 bits per heavy atom. The predicted octanol–water partition coefficient (Wildman–Crippen LogP) is 2.29. The number of carbonyl (C=O) groups excluding carboxylic acids is 3. The third-order valence-corrected chi connectivity index (χ3v) is 9.06. The first-order valence-electron chi connectivity index (χ1n) is 16.1. The maximum absolute atomic E-state index is 14.2. The van der Waals surface area contributed by atoms with E-state index in [0.29, 0.717) is 10.9 Å². The molecule has 1 aliphatic carbocycles. The van der Waals surface area contributed by atoms with Crippen LogP contribution < -0.4 is 5.32 Å². The zero-order valence-corrected chi connectivity index (χ0v) is 27.0. The molecule has 1 saturated carbocycles. The first-order chi connectivity index (χ1) is 22.5. The molecule has 0 radical (unpaired) electrons. The van der Waals surface area contributed by atoms with Crippen LogP contribution in [0.1, 0.15) is 49.5 Å². The minimum Gasteiger partial charge on any atom is -0.465 e. The number of rotatable bonds is 14. The van der Waals surface area contributed by atoms with Gasteiger partial charge in [-0.3, -0.25) is 19.3 Å². The molecule has 2 fully saturated rings. The third-order valence-electron chi connectivity index (χ3n) is 9.06. The van der Waals surface area contributed by atoms with Crippen molar-refractivity contribution in [2.75, 3.05) is 66.3 Å². The Hall–Kier alpha value is -3.82. The van der Waals surface area contributed by atoms with E-state index >= 15 is 0 Å². The fraction of sp³-hybridized carbons (Fsp3) is 0.625. The highest BCUT2D eigenvalue weighted by Crippen LogP contribution is 2.29. The summed E-state index contributed by atoms with van der Waals surface area (Å²) < 4.78 is 40.7. The molecular weight excluding hydrogens is 620 g/mol. The third kappa shape index (κ3) is 8.96. The molecule has 1 aromatic heterocycles. The molecule has 2 aliphatic rings. The van der Waals surface area contributed by atoms with Gasteiger partial charge in [0.25, 0.3) is 5.91 Å². The molecule has 4 rings (SSSR count). The summed E-state index contributed by atoms with van der Waals surface area (Å²) in [4.78, 5) is 56.1. The Morgan fingerprint density at radius 1 is 0.936 bits per heavy atom. The van der Waals surface area contributed by atoms with Crippen LogP contribution in [0.15, 0.2) is 18.2 Å². The van der Waals surface area contributed by atoms with Crippen molar-refractivity contribution in [1.29, 1.82) is 0 Å². The van der Waals surface area contributed by atoms with Crippen LogP contribution in [0.2, 0.25) is 0 Å². The number of ether oxygens (including phenoxy) is 2. The quantitative estimate of drug-likeness (QED) is 0.260. The zero-order chi connectivity index (χ0) is 34.1. The van der Waals surface area contributed by atoms with E-state index in [9.17, 15) is 33.1 Å². The number of aliphatic hydroxyl groups is 1. The summed E-state index contributed by atoms with van der Waals surface area (Å²) in [5.74, 6) is -3.31. The molecule has 3 N–H and O–H groups in total. The second-order valence-corrected chi connectivity index (χ2v) is 12.0. The SMILES string of the molecule is CC(C(=O)NC(C(=O)N1CCN(C(=O)c2cc3cc(F)c(F)cc3n2CCOCCOCCO)CC1)C1CCCCC1)N(C)C(=O)O. The number of halogens is 2. The molecule has 2 atom stereocenters. The number of piperazine rings is 1. The predicted molar refractivity (Wildman–Crippen MR) is 167 cm³/mol. The number of benzene rings is 1. The van der Waals surface area contributed by atoms with Crippen LogP contribution in [0.3, 0.4) is 0 Å². The molecule has 0 spiro atoms. The summed E-state index contributed by atoms with van der Waals surface area (Å²) in [6.45, 7) is 3.27. The molecule has 1 aliphatic heterocycles. The average Bonchev–Trinajstić information content (AvgIpc) is 3.42. The van der Waals surface area contributed by atoms with Crippen LogP contribution in [0, 0.1) is 17.6 Å². The van der Waals surface area contributed by atoms with Gasteiger partial charge in [0.05, 0.1) is 38.6 Å². The molecule has 4 amide bonds. The highest BCUT2D eigenvalue weighted by molar-refractivity contribution is 5.99. The summed E-state index contributed by atoms with van der Waals surface area (Å²) in [5, 5.41) is 21.3. The average molecular weight is 666 g/mol. The van der Waals surface area contributed by atoms with Crippen molar-refractivity contribution in [3.8, 4) is 0 Å². The van der Waals surface area contributed by atoms with Gasteiger partial charge in [-0.15, -0.1) is 0 Å². The van der Waals surface area contributed by atoms with Crippen LogP contribution in [0.25, 0.3) is 10.9 Å². The van der Waals surface area contributed by atoms with Gasteiger partial charge in [-0.2, -0.15) is 0 Å². The van der Waals surface area contributed by atoms with Crippen molar-refractivity contribution in [1.82, 2.24) is 24.6 Å². The van der Waals surface area contributed by atoms with E-state index < -0.39 is 35.7 Å². The second-order valence-electron chi connectivity index (χ2n) is 12.0. The van der Waals surface area contributed by atoms with Crippen LogP contribution in [0.4, 0.5) is 13.6 Å². The molecule has 260 valence electrons. The number of hydrogen-bond donors (Lipinski definition) is 3. The monoisotopic (exact) mass is 665 g/mol. The van der Waals surface area contributed by atoms with Gasteiger partial charge < -0.3 is 39.4 Å². The maximum atomic E-state index is 14.2. The van der Waals surface area contributed by atoms with Crippen LogP contribution in [0.5, 0.6) is 0 Å². The highest BCUT2D eigenvalue weighted by atomic mass is 19.2. The molecule has 47 heavy (non-hydrogen) atoms. The Labute approximate surface area is 272 Å². The number of aliphatic hydroxyl groups excluding tert-OH is 1. The zero-order valence-electron chi connectivity index (χ0n) is 27.0. The van der Waals surface area contributed by atoms with Crippen molar-refractivity contribution < 1.29 is 47.6 Å². The van der Waals surface area contributed by atoms with Crippen LogP contribution >= 0.6 is 0 Å². The maximum Gasteiger partial charge on any atom is 0.407 e. The summed E-state index contributed by atoms with van der Waals surface area (Å²) >= 11 is 0. The Bertz CT molecular complexity index is 1410. The highest BCUT2D eigenvalue weighted by Gasteiger charge is 2.37. The molecule has 13 nitrogen and oxygen atoms in total. The largest absolute Gasteiger partial charge is 0.465 e. The number of nitrogens with one attached hydrogen (secondary N) is 1. The molecule has 15 heteroatoms. The minimum absolute atomic E-state index is 0.0813. The van der Waals surface area contributed by atoms with Gasteiger partial charge in [0.2, 0.25) is 11.8 Å². The lowest BCUT2D eigenvalue weighted by molar-refractivity contribution is -0.140. The fourth-order valence-electron chi connectivity index (χ4n) is 6.17. The summed E-state index contributed by atoms with van der Waals surface area (Å²) in [6, 6.07) is 1.83. The van der Waals surface area contributed by atoms with Gasteiger partial charge >= 0.3 is 6.09 Å². The van der Waals surface area contributed by atoms with E-state index in [-0.39, 0.29) is 89.2 Å². The van der Waals surface area contributed by atoms with Gasteiger partial charge in [0.1, 0.15) is 17.8 Å². The van der Waals surface area contributed by atoms with E-state index in [1.807, 2.05) is 0 Å². The van der Waals surface area contributed by atoms with E-state index in [0.717, 1.165) is 49.1 Å². The number of hydrogen-bond acceptors (Lipinski definition) is 7. The lowest BCUT2D eigenvalue weighted by atomic mass is 9.83. The molecule has 1 saturated heterocycles. The number of carbonyl (C=O) groups is 4. The van der Waals surface area contributed by atoms with E-state index in [2.05, 4.69) is 5.32 Å². The Morgan fingerprint density at radius 2 is 1.55 bits per heavy atom. The number of carboxylic acid groups (broad SMARTS) is 1. The van der Waals surface area contributed by atoms with Crippen molar-refractivity contribution in [3.05, 3.63) is 35.5 Å². The molecule has 1 aromatic carbocycles. The summed E-state index contributed by atoms with van der Waals surface area (Å²) in [7, 11) is 1.30. The second kappa shape index (κ2) is 16.8. The van der Waals surface area contributed by atoms with E-state index in [1.54, 1.807) is 14.4 Å². The topological polar surface area (TPSA) is 154 Å². The van der Waals surface area contributed by atoms with Crippen molar-refractivity contribution in [2.45, 2.75) is 57.7 Å². The lowest BCUT2D eigenvalue weighted by Gasteiger charge is -2.39. The Balaban J connectivity index is 1.44. The Kier molecular flexibility index (Phi) is 12.9. The van der Waals surface area contributed by atoms with Gasteiger partial charge in [0.15, 0.2) is 11.6 Å². The summed E-state index contributed by atoms with van der Waals surface area (Å²) in [6.07, 6.45) is 3.20. The van der Waals surface area contributed by atoms with Gasteiger partial charge in [-0.05, 0) is 37.8 Å². The smallest absolute Gasteiger partial charge is 0.407 e. The minimum atomic E-state index is -1.25. The normalized spacial score (nSPS) is 17.0. The first kappa shape index (κ1) is 36.0. The summed E-state index contributed by atoms with van der Waals surface area (Å²) in [5.41, 5.74) is 0.573. The molecule has 2 unspecified atom stereocenters. The fourth-order valence-corrected chi connectivity index (χ4v) is 6.17. The molecular formula is C32H45F2N5O8. The van der Waals surface area contributed by atoms with Crippen LogP contribution in [-0.4, -0.2) is 132 Å². The molecule has 2 heterocycles. The first-order valence-corrected chi connectivity index (χ1v) is 16.1. The van der Waals surface area contributed by atoms with E-state index in [1.165, 1.54) is 20.0 Å². The number of aromatic nitrogens is 1. The number of amides is 4. The van der Waals surface area contributed by atoms with Gasteiger partial charge in [-0.1, -0.05) is 19.3 Å². The van der Waals surface area contributed by atoms with Crippen molar-refractivity contribution >= 4 is 34.7 Å². The van der Waals surface area contributed by atoms with Crippen molar-refractivity contribution in [2.24, 2.45) is 5.92 Å². The number of nitrogens with zero attached hydrogens (tertiary/aromatic N) is 4. The van der Waals surface area contributed by atoms with Crippen LogP contribution in [-0.2, 0) is 25.6 Å². The molecule has 0 bridgehead atoms. The van der Waals surface area contributed by atoms with Crippen molar-refractivity contribution in [3.63, 3.8) is 0 Å². The number of fused-ring (bicyclic) bond motifs is 1. The lowest BCUT2D eigenvalue weighted by Crippen LogP contribution is -2.59.